The lowest BCUT2D eigenvalue weighted by atomic mass is 9.97. The number of hydrogen-bond donors (Lipinski definition) is 0. The van der Waals surface area contributed by atoms with Gasteiger partial charge in [0.15, 0.2) is 0 Å². The molecule has 0 N–H and O–H groups in total. The highest BCUT2D eigenvalue weighted by Gasteiger charge is 2.33. The molecule has 20 heavy (non-hydrogen) atoms. The number of aryl methyl sites for hydroxylation is 1. The molecular formula is C16H12F3O. The van der Waals surface area contributed by atoms with Crippen molar-refractivity contribution in [3.05, 3.63) is 59.7 Å². The van der Waals surface area contributed by atoms with Gasteiger partial charge in [-0.2, -0.15) is 13.2 Å². The van der Waals surface area contributed by atoms with Crippen LogP contribution in [0.15, 0.2) is 36.4 Å². The number of benzene rings is 2. The van der Waals surface area contributed by atoms with Crippen LogP contribution in [0.25, 0.3) is 11.1 Å². The molecular weight excluding hydrogens is 265 g/mol. The second-order valence-corrected chi connectivity index (χ2v) is 4.87. The van der Waals surface area contributed by atoms with Gasteiger partial charge in [-0.25, -0.2) is 0 Å². The van der Waals surface area contributed by atoms with Gasteiger partial charge in [0.1, 0.15) is 12.4 Å². The van der Waals surface area contributed by atoms with E-state index < -0.39 is 11.7 Å². The fourth-order valence-corrected chi connectivity index (χ4v) is 2.39. The summed E-state index contributed by atoms with van der Waals surface area (Å²) in [5.74, 6) is 0.531. The summed E-state index contributed by atoms with van der Waals surface area (Å²) in [5.41, 5.74) is 2.17. The van der Waals surface area contributed by atoms with Gasteiger partial charge in [0, 0.05) is 12.0 Å². The molecule has 2 aromatic rings. The van der Waals surface area contributed by atoms with Crippen molar-refractivity contribution in [3.8, 4) is 16.9 Å². The van der Waals surface area contributed by atoms with E-state index in [0.29, 0.717) is 23.3 Å². The van der Waals surface area contributed by atoms with Crippen LogP contribution in [0.1, 0.15) is 16.7 Å². The van der Waals surface area contributed by atoms with Crippen LogP contribution in [0.3, 0.4) is 0 Å². The third-order valence-corrected chi connectivity index (χ3v) is 3.33. The van der Waals surface area contributed by atoms with E-state index in [-0.39, 0.29) is 0 Å². The number of hydrogen-bond acceptors (Lipinski definition) is 1. The molecule has 1 aliphatic rings. The van der Waals surface area contributed by atoms with Gasteiger partial charge in [-0.15, -0.1) is 0 Å². The molecule has 1 nitrogen and oxygen atoms in total. The predicted molar refractivity (Wildman–Crippen MR) is 70.2 cm³/mol. The van der Waals surface area contributed by atoms with Crippen molar-refractivity contribution >= 4 is 0 Å². The summed E-state index contributed by atoms with van der Waals surface area (Å²) in [4.78, 5) is 0. The summed E-state index contributed by atoms with van der Waals surface area (Å²) < 4.78 is 44.3. The first-order chi connectivity index (χ1) is 9.45. The summed E-state index contributed by atoms with van der Waals surface area (Å²) in [6.45, 7) is 3.44. The van der Waals surface area contributed by atoms with E-state index in [1.807, 2.05) is 25.1 Å². The van der Waals surface area contributed by atoms with Gasteiger partial charge in [-0.1, -0.05) is 29.8 Å². The minimum Gasteiger partial charge on any atom is -0.485 e. The molecule has 0 aliphatic carbocycles. The number of rotatable bonds is 1. The lowest BCUT2D eigenvalue weighted by molar-refractivity contribution is -0.137. The first-order valence-electron chi connectivity index (χ1n) is 6.24. The van der Waals surface area contributed by atoms with Crippen LogP contribution in [-0.2, 0) is 12.6 Å². The molecule has 3 rings (SSSR count). The number of ether oxygens (including phenoxy) is 1. The molecule has 0 saturated heterocycles. The smallest absolute Gasteiger partial charge is 0.416 e. The molecule has 0 aromatic heterocycles. The van der Waals surface area contributed by atoms with Gasteiger partial charge in [0.25, 0.3) is 0 Å². The summed E-state index contributed by atoms with van der Waals surface area (Å²) in [5, 5.41) is 0. The second kappa shape index (κ2) is 4.54. The zero-order valence-electron chi connectivity index (χ0n) is 10.8. The Morgan fingerprint density at radius 2 is 1.90 bits per heavy atom. The van der Waals surface area contributed by atoms with Gasteiger partial charge < -0.3 is 4.74 Å². The number of halogens is 3. The maximum atomic E-state index is 13.0. The Balaban J connectivity index is 2.22. The highest BCUT2D eigenvalue weighted by molar-refractivity contribution is 5.74. The van der Waals surface area contributed by atoms with Crippen molar-refractivity contribution in [2.75, 3.05) is 0 Å². The molecule has 1 aliphatic heterocycles. The second-order valence-electron chi connectivity index (χ2n) is 4.87. The van der Waals surface area contributed by atoms with Gasteiger partial charge in [0.05, 0.1) is 5.56 Å². The Bertz CT molecular complexity index is 659. The van der Waals surface area contributed by atoms with Gasteiger partial charge in [0.2, 0.25) is 0 Å². The average molecular weight is 277 g/mol. The summed E-state index contributed by atoms with van der Waals surface area (Å²) in [7, 11) is 0. The van der Waals surface area contributed by atoms with E-state index >= 15 is 0 Å². The van der Waals surface area contributed by atoms with Crippen molar-refractivity contribution in [2.45, 2.75) is 19.5 Å². The molecule has 2 aromatic carbocycles. The summed E-state index contributed by atoms with van der Waals surface area (Å²) in [6, 6.07) is 9.72. The van der Waals surface area contributed by atoms with E-state index in [9.17, 15) is 13.2 Å². The van der Waals surface area contributed by atoms with Gasteiger partial charge in [-0.3, -0.25) is 0 Å². The number of alkyl halides is 3. The molecule has 4 heteroatoms. The van der Waals surface area contributed by atoms with Crippen LogP contribution in [-0.4, -0.2) is 0 Å². The van der Waals surface area contributed by atoms with Crippen LogP contribution in [0.5, 0.6) is 5.75 Å². The van der Waals surface area contributed by atoms with Crippen molar-refractivity contribution < 1.29 is 17.9 Å². The molecule has 0 bridgehead atoms. The highest BCUT2D eigenvalue weighted by Crippen LogP contribution is 2.42. The third kappa shape index (κ3) is 2.26. The molecule has 0 spiro atoms. The van der Waals surface area contributed by atoms with Crippen LogP contribution >= 0.6 is 0 Å². The van der Waals surface area contributed by atoms with Crippen molar-refractivity contribution in [2.24, 2.45) is 0 Å². The Morgan fingerprint density at radius 1 is 1.10 bits per heavy atom. The molecule has 103 valence electrons. The normalized spacial score (nSPS) is 14.0. The van der Waals surface area contributed by atoms with E-state index in [1.165, 1.54) is 6.61 Å². The lowest BCUT2D eigenvalue weighted by Gasteiger charge is -2.13. The predicted octanol–water partition coefficient (Wildman–Crippen LogP) is 4.78. The van der Waals surface area contributed by atoms with E-state index in [1.54, 1.807) is 6.07 Å². The largest absolute Gasteiger partial charge is 0.485 e. The minimum atomic E-state index is -4.35. The van der Waals surface area contributed by atoms with E-state index in [4.69, 9.17) is 4.74 Å². The Kier molecular flexibility index (Phi) is 2.96. The Labute approximate surface area is 115 Å². The zero-order valence-corrected chi connectivity index (χ0v) is 10.8. The van der Waals surface area contributed by atoms with Crippen molar-refractivity contribution in [3.63, 3.8) is 0 Å². The fourth-order valence-electron chi connectivity index (χ4n) is 2.39. The molecule has 0 amide bonds. The molecule has 0 fully saturated rings. The fraction of sp³-hybridized carbons (Fsp3) is 0.188. The van der Waals surface area contributed by atoms with Gasteiger partial charge in [-0.05, 0) is 30.2 Å². The van der Waals surface area contributed by atoms with E-state index in [0.717, 1.165) is 23.3 Å². The topological polar surface area (TPSA) is 9.23 Å². The molecule has 0 unspecified atom stereocenters. The minimum absolute atomic E-state index is 0.401. The SMILES string of the molecule is Cc1cccc(-c2cc(C(F)(F)F)cc3c2O[CH]C3)c1. The van der Waals surface area contributed by atoms with Crippen molar-refractivity contribution in [1.82, 2.24) is 0 Å². The molecule has 0 saturated carbocycles. The molecule has 1 radical (unpaired) electrons. The maximum Gasteiger partial charge on any atom is 0.416 e. The van der Waals surface area contributed by atoms with Crippen LogP contribution in [0, 0.1) is 13.5 Å². The van der Waals surface area contributed by atoms with E-state index in [2.05, 4.69) is 0 Å². The standard InChI is InChI=1S/C16H12F3O/c1-10-3-2-4-11(7-10)14-9-13(16(17,18)19)8-12-5-6-20-15(12)14/h2-4,6-9H,5H2,1H3. The maximum absolute atomic E-state index is 13.0. The van der Waals surface area contributed by atoms with Crippen LogP contribution < -0.4 is 4.74 Å². The molecule has 1 heterocycles. The summed E-state index contributed by atoms with van der Waals surface area (Å²) in [6.07, 6.45) is -3.95. The quantitative estimate of drug-likeness (QED) is 0.729. The first kappa shape index (κ1) is 13.0. The van der Waals surface area contributed by atoms with Gasteiger partial charge >= 0.3 is 6.18 Å². The molecule has 0 atom stereocenters. The van der Waals surface area contributed by atoms with Crippen molar-refractivity contribution in [1.29, 1.82) is 0 Å². The third-order valence-electron chi connectivity index (χ3n) is 3.33. The lowest BCUT2D eigenvalue weighted by Crippen LogP contribution is -2.05. The summed E-state index contributed by atoms with van der Waals surface area (Å²) >= 11 is 0. The highest BCUT2D eigenvalue weighted by atomic mass is 19.4. The average Bonchev–Trinajstić information content (AvgIpc) is 2.84. The Morgan fingerprint density at radius 3 is 2.60 bits per heavy atom. The zero-order chi connectivity index (χ0) is 14.3. The van der Waals surface area contributed by atoms with Crippen LogP contribution in [0.2, 0.25) is 0 Å². The monoisotopic (exact) mass is 277 g/mol. The number of fused-ring (bicyclic) bond motifs is 1. The first-order valence-corrected chi connectivity index (χ1v) is 6.24. The Hall–Kier alpha value is -1.97. The van der Waals surface area contributed by atoms with Crippen LogP contribution in [0.4, 0.5) is 13.2 Å².